The van der Waals surface area contributed by atoms with Crippen LogP contribution in [0.5, 0.6) is 5.75 Å². The summed E-state index contributed by atoms with van der Waals surface area (Å²) in [5, 5.41) is 12.8. The first-order valence-electron chi connectivity index (χ1n) is 6.70. The molecule has 10 heteroatoms. The number of nitrogens with one attached hydrogen (secondary N) is 1. The van der Waals surface area contributed by atoms with Crippen LogP contribution in [0.25, 0.3) is 0 Å². The third-order valence-corrected chi connectivity index (χ3v) is 3.30. The maximum absolute atomic E-state index is 12.7. The van der Waals surface area contributed by atoms with Crippen LogP contribution >= 0.6 is 11.6 Å². The number of amides is 1. The Morgan fingerprint density at radius 2 is 1.96 bits per heavy atom. The first kappa shape index (κ1) is 18.5. The van der Waals surface area contributed by atoms with Gasteiger partial charge in [-0.05, 0) is 24.3 Å². The summed E-state index contributed by atoms with van der Waals surface area (Å²) in [5.41, 5.74) is -1.41. The number of anilines is 1. The molecule has 0 radical (unpaired) electrons. The lowest BCUT2D eigenvalue weighted by molar-refractivity contribution is -0.384. The average Bonchev–Trinajstić information content (AvgIpc) is 2.54. The zero-order chi connectivity index (χ0) is 18.6. The second-order valence-corrected chi connectivity index (χ2v) is 5.19. The Balaban J connectivity index is 2.03. The summed E-state index contributed by atoms with van der Waals surface area (Å²) in [7, 11) is 0. The topological polar surface area (TPSA) is 81.5 Å². The van der Waals surface area contributed by atoms with Crippen molar-refractivity contribution in [3.63, 3.8) is 0 Å². The van der Waals surface area contributed by atoms with Gasteiger partial charge < -0.3 is 10.1 Å². The molecule has 0 heterocycles. The van der Waals surface area contributed by atoms with E-state index < -0.39 is 29.2 Å². The fourth-order valence-corrected chi connectivity index (χ4v) is 1.98. The van der Waals surface area contributed by atoms with Crippen LogP contribution < -0.4 is 10.1 Å². The molecule has 0 bridgehead atoms. The molecule has 0 atom stereocenters. The van der Waals surface area contributed by atoms with E-state index in [9.17, 15) is 28.1 Å². The molecule has 0 aromatic heterocycles. The van der Waals surface area contributed by atoms with E-state index in [0.29, 0.717) is 6.07 Å². The van der Waals surface area contributed by atoms with Gasteiger partial charge >= 0.3 is 6.18 Å². The number of rotatable bonds is 5. The molecule has 132 valence electrons. The van der Waals surface area contributed by atoms with Crippen LogP contribution in [0.4, 0.5) is 24.5 Å². The summed E-state index contributed by atoms with van der Waals surface area (Å²) in [6.07, 6.45) is -4.58. The first-order valence-corrected chi connectivity index (χ1v) is 7.08. The molecule has 1 N–H and O–H groups in total. The van der Waals surface area contributed by atoms with Gasteiger partial charge in [0, 0.05) is 6.07 Å². The molecule has 0 saturated carbocycles. The van der Waals surface area contributed by atoms with Gasteiger partial charge in [-0.25, -0.2) is 0 Å². The number of non-ortho nitro benzene ring substituents is 1. The number of alkyl halides is 3. The molecule has 0 fully saturated rings. The number of ether oxygens (including phenoxy) is 1. The summed E-state index contributed by atoms with van der Waals surface area (Å²) >= 11 is 5.77. The monoisotopic (exact) mass is 374 g/mol. The minimum Gasteiger partial charge on any atom is -0.484 e. The summed E-state index contributed by atoms with van der Waals surface area (Å²) in [5.74, 6) is -0.702. The number of halogens is 4. The van der Waals surface area contributed by atoms with Crippen molar-refractivity contribution in [1.29, 1.82) is 0 Å². The fourth-order valence-electron chi connectivity index (χ4n) is 1.82. The van der Waals surface area contributed by atoms with Gasteiger partial charge in [-0.1, -0.05) is 17.7 Å². The summed E-state index contributed by atoms with van der Waals surface area (Å²) in [6, 6.07) is 7.64. The quantitative estimate of drug-likeness (QED) is 0.625. The number of hydrogen-bond acceptors (Lipinski definition) is 4. The molecule has 0 aliphatic carbocycles. The number of nitro benzene ring substituents is 1. The van der Waals surface area contributed by atoms with Crippen molar-refractivity contribution >= 4 is 28.9 Å². The van der Waals surface area contributed by atoms with Crippen LogP contribution in [0, 0.1) is 10.1 Å². The maximum Gasteiger partial charge on any atom is 0.416 e. The third kappa shape index (κ3) is 5.08. The van der Waals surface area contributed by atoms with Gasteiger partial charge in [-0.3, -0.25) is 14.9 Å². The molecular weight excluding hydrogens is 365 g/mol. The standard InChI is InChI=1S/C15H10ClF3N2O4/c16-12-5-4-9(15(17,18)19)6-13(12)20-14(22)8-25-11-3-1-2-10(7-11)21(23)24/h1-7H,8H2,(H,20,22). The highest BCUT2D eigenvalue weighted by molar-refractivity contribution is 6.33. The van der Waals surface area contributed by atoms with Gasteiger partial charge in [0.1, 0.15) is 5.75 Å². The zero-order valence-electron chi connectivity index (χ0n) is 12.3. The van der Waals surface area contributed by atoms with Gasteiger partial charge in [0.05, 0.1) is 27.3 Å². The van der Waals surface area contributed by atoms with Gasteiger partial charge in [0.25, 0.3) is 11.6 Å². The van der Waals surface area contributed by atoms with E-state index in [4.69, 9.17) is 16.3 Å². The Morgan fingerprint density at radius 3 is 2.60 bits per heavy atom. The highest BCUT2D eigenvalue weighted by Crippen LogP contribution is 2.33. The Morgan fingerprint density at radius 1 is 1.24 bits per heavy atom. The van der Waals surface area contributed by atoms with Crippen LogP contribution in [0.1, 0.15) is 5.56 Å². The summed E-state index contributed by atoms with van der Waals surface area (Å²) < 4.78 is 43.1. The smallest absolute Gasteiger partial charge is 0.416 e. The molecule has 0 aliphatic rings. The number of benzene rings is 2. The largest absolute Gasteiger partial charge is 0.484 e. The highest BCUT2D eigenvalue weighted by atomic mass is 35.5. The van der Waals surface area contributed by atoms with Gasteiger partial charge in [-0.2, -0.15) is 13.2 Å². The van der Waals surface area contributed by atoms with Gasteiger partial charge in [-0.15, -0.1) is 0 Å². The Bertz CT molecular complexity index is 812. The molecule has 0 saturated heterocycles. The number of nitro groups is 1. The van der Waals surface area contributed by atoms with E-state index in [-0.39, 0.29) is 22.1 Å². The highest BCUT2D eigenvalue weighted by Gasteiger charge is 2.31. The van der Waals surface area contributed by atoms with Crippen molar-refractivity contribution < 1.29 is 27.6 Å². The molecule has 6 nitrogen and oxygen atoms in total. The van der Waals surface area contributed by atoms with Gasteiger partial charge in [0.15, 0.2) is 6.61 Å². The molecule has 2 rings (SSSR count). The van der Waals surface area contributed by atoms with Crippen molar-refractivity contribution in [2.75, 3.05) is 11.9 Å². The van der Waals surface area contributed by atoms with Gasteiger partial charge in [0.2, 0.25) is 0 Å². The molecule has 25 heavy (non-hydrogen) atoms. The van der Waals surface area contributed by atoms with Crippen LogP contribution in [0.2, 0.25) is 5.02 Å². The number of carbonyl (C=O) groups excluding carboxylic acids is 1. The second-order valence-electron chi connectivity index (χ2n) is 4.78. The summed E-state index contributed by atoms with van der Waals surface area (Å²) in [4.78, 5) is 21.8. The number of nitrogens with zero attached hydrogens (tertiary/aromatic N) is 1. The van der Waals surface area contributed by atoms with Crippen LogP contribution in [-0.2, 0) is 11.0 Å². The lowest BCUT2D eigenvalue weighted by Gasteiger charge is -2.12. The van der Waals surface area contributed by atoms with E-state index in [1.807, 2.05) is 0 Å². The Labute approximate surface area is 144 Å². The van der Waals surface area contributed by atoms with E-state index in [2.05, 4.69) is 5.32 Å². The normalized spacial score (nSPS) is 11.0. The second kappa shape index (κ2) is 7.39. The molecule has 1 amide bonds. The average molecular weight is 375 g/mol. The predicted octanol–water partition coefficient (Wildman–Crippen LogP) is 4.28. The lowest BCUT2D eigenvalue weighted by Crippen LogP contribution is -2.20. The van der Waals surface area contributed by atoms with E-state index in [1.165, 1.54) is 18.2 Å². The molecule has 2 aromatic carbocycles. The Kier molecular flexibility index (Phi) is 5.48. The minimum absolute atomic E-state index is 0.0690. The van der Waals surface area contributed by atoms with Crippen molar-refractivity contribution in [2.24, 2.45) is 0 Å². The SMILES string of the molecule is O=C(COc1cccc([N+](=O)[O-])c1)Nc1cc(C(F)(F)F)ccc1Cl. The van der Waals surface area contributed by atoms with E-state index >= 15 is 0 Å². The first-order chi connectivity index (χ1) is 11.7. The van der Waals surface area contributed by atoms with Crippen molar-refractivity contribution in [1.82, 2.24) is 0 Å². The minimum atomic E-state index is -4.58. The number of hydrogen-bond donors (Lipinski definition) is 1. The van der Waals surface area contributed by atoms with Crippen molar-refractivity contribution in [3.8, 4) is 5.75 Å². The maximum atomic E-state index is 12.7. The van der Waals surface area contributed by atoms with E-state index in [0.717, 1.165) is 18.2 Å². The molecular formula is C15H10ClF3N2O4. The van der Waals surface area contributed by atoms with E-state index in [1.54, 1.807) is 0 Å². The fraction of sp³-hybridized carbons (Fsp3) is 0.133. The Hall–Kier alpha value is -2.81. The molecule has 0 spiro atoms. The van der Waals surface area contributed by atoms with Crippen LogP contribution in [0.15, 0.2) is 42.5 Å². The molecule has 0 aliphatic heterocycles. The van der Waals surface area contributed by atoms with Crippen molar-refractivity contribution in [3.05, 3.63) is 63.2 Å². The van der Waals surface area contributed by atoms with Crippen molar-refractivity contribution in [2.45, 2.75) is 6.18 Å². The molecule has 0 unspecified atom stereocenters. The molecule has 2 aromatic rings. The number of carbonyl (C=O) groups is 1. The van der Waals surface area contributed by atoms with Crippen LogP contribution in [0.3, 0.4) is 0 Å². The summed E-state index contributed by atoms with van der Waals surface area (Å²) in [6.45, 7) is -0.562. The predicted molar refractivity (Wildman–Crippen MR) is 83.7 cm³/mol. The van der Waals surface area contributed by atoms with Crippen LogP contribution in [-0.4, -0.2) is 17.4 Å². The zero-order valence-corrected chi connectivity index (χ0v) is 13.1. The third-order valence-electron chi connectivity index (χ3n) is 2.97. The lowest BCUT2D eigenvalue weighted by atomic mass is 10.2.